The fourth-order valence-electron chi connectivity index (χ4n) is 2.17. The highest BCUT2D eigenvalue weighted by Gasteiger charge is 2.02. The van der Waals surface area contributed by atoms with Crippen molar-refractivity contribution in [1.82, 2.24) is 5.32 Å². The Hall–Kier alpha value is -0.530. The van der Waals surface area contributed by atoms with E-state index in [-0.39, 0.29) is 5.91 Å². The van der Waals surface area contributed by atoms with E-state index in [9.17, 15) is 4.79 Å². The number of rotatable bonds is 13. The van der Waals surface area contributed by atoms with Gasteiger partial charge in [-0.15, -0.1) is 0 Å². The summed E-state index contributed by atoms with van der Waals surface area (Å²) in [5.41, 5.74) is 0. The van der Waals surface area contributed by atoms with E-state index in [0.29, 0.717) is 12.3 Å². The SMILES string of the molecule is CCCCCCCCCCCNC(=O)CCC(C)C. The smallest absolute Gasteiger partial charge is 0.220 e. The highest BCUT2D eigenvalue weighted by molar-refractivity contribution is 5.75. The molecule has 0 saturated heterocycles. The Kier molecular flexibility index (Phi) is 13.5. The molecule has 114 valence electrons. The van der Waals surface area contributed by atoms with Crippen LogP contribution in [0.4, 0.5) is 0 Å². The Labute approximate surface area is 120 Å². The second kappa shape index (κ2) is 13.9. The van der Waals surface area contributed by atoms with E-state index in [1.54, 1.807) is 0 Å². The number of hydrogen-bond donors (Lipinski definition) is 1. The molecule has 0 spiro atoms. The second-order valence-corrected chi connectivity index (χ2v) is 6.11. The van der Waals surface area contributed by atoms with Gasteiger partial charge < -0.3 is 5.32 Å². The summed E-state index contributed by atoms with van der Waals surface area (Å²) >= 11 is 0. The summed E-state index contributed by atoms with van der Waals surface area (Å²) in [5.74, 6) is 0.853. The van der Waals surface area contributed by atoms with Gasteiger partial charge in [0.25, 0.3) is 0 Å². The lowest BCUT2D eigenvalue weighted by Crippen LogP contribution is -2.24. The van der Waals surface area contributed by atoms with Gasteiger partial charge in [-0.1, -0.05) is 72.1 Å². The van der Waals surface area contributed by atoms with Crippen molar-refractivity contribution in [3.05, 3.63) is 0 Å². The molecule has 0 aliphatic heterocycles. The van der Waals surface area contributed by atoms with Crippen LogP contribution in [0.15, 0.2) is 0 Å². The zero-order valence-electron chi connectivity index (χ0n) is 13.5. The molecule has 0 aromatic heterocycles. The van der Waals surface area contributed by atoms with Gasteiger partial charge in [-0.25, -0.2) is 0 Å². The van der Waals surface area contributed by atoms with Crippen molar-refractivity contribution in [1.29, 1.82) is 0 Å². The van der Waals surface area contributed by atoms with Crippen LogP contribution in [-0.2, 0) is 4.79 Å². The molecular formula is C17H35NO. The minimum absolute atomic E-state index is 0.230. The molecule has 0 rings (SSSR count). The van der Waals surface area contributed by atoms with Crippen LogP contribution in [0.25, 0.3) is 0 Å². The van der Waals surface area contributed by atoms with Crippen molar-refractivity contribution in [2.75, 3.05) is 6.54 Å². The Bertz CT molecular complexity index is 201. The quantitative estimate of drug-likeness (QED) is 0.465. The van der Waals surface area contributed by atoms with E-state index in [1.807, 2.05) is 0 Å². The maximum absolute atomic E-state index is 11.5. The third-order valence-corrected chi connectivity index (χ3v) is 3.55. The van der Waals surface area contributed by atoms with Gasteiger partial charge >= 0.3 is 0 Å². The minimum Gasteiger partial charge on any atom is -0.356 e. The van der Waals surface area contributed by atoms with Gasteiger partial charge in [0.05, 0.1) is 0 Å². The summed E-state index contributed by atoms with van der Waals surface area (Å²) in [7, 11) is 0. The third kappa shape index (κ3) is 15.4. The first-order valence-electron chi connectivity index (χ1n) is 8.43. The molecule has 0 fully saturated rings. The summed E-state index contributed by atoms with van der Waals surface area (Å²) in [5, 5.41) is 3.02. The molecule has 0 radical (unpaired) electrons. The Morgan fingerprint density at radius 1 is 0.895 bits per heavy atom. The monoisotopic (exact) mass is 269 g/mol. The van der Waals surface area contributed by atoms with E-state index in [2.05, 4.69) is 26.1 Å². The van der Waals surface area contributed by atoms with E-state index in [4.69, 9.17) is 0 Å². The van der Waals surface area contributed by atoms with Crippen LogP contribution in [0.2, 0.25) is 0 Å². The van der Waals surface area contributed by atoms with Crippen LogP contribution in [0.3, 0.4) is 0 Å². The van der Waals surface area contributed by atoms with Crippen LogP contribution in [-0.4, -0.2) is 12.5 Å². The predicted molar refractivity (Wildman–Crippen MR) is 84.3 cm³/mol. The molecule has 2 heteroatoms. The maximum Gasteiger partial charge on any atom is 0.220 e. The number of carbonyl (C=O) groups excluding carboxylic acids is 1. The van der Waals surface area contributed by atoms with Crippen molar-refractivity contribution in [3.8, 4) is 0 Å². The van der Waals surface area contributed by atoms with Crippen LogP contribution in [0.5, 0.6) is 0 Å². The predicted octanol–water partition coefficient (Wildman–Crippen LogP) is 5.07. The van der Waals surface area contributed by atoms with Crippen molar-refractivity contribution in [3.63, 3.8) is 0 Å². The highest BCUT2D eigenvalue weighted by atomic mass is 16.1. The zero-order chi connectivity index (χ0) is 14.3. The van der Waals surface area contributed by atoms with E-state index < -0.39 is 0 Å². The number of nitrogens with one attached hydrogen (secondary N) is 1. The van der Waals surface area contributed by atoms with Gasteiger partial charge in [0.2, 0.25) is 5.91 Å². The fourth-order valence-corrected chi connectivity index (χ4v) is 2.17. The van der Waals surface area contributed by atoms with Crippen LogP contribution in [0, 0.1) is 5.92 Å². The molecule has 0 aliphatic rings. The number of amides is 1. The summed E-state index contributed by atoms with van der Waals surface area (Å²) in [6.07, 6.45) is 13.7. The average molecular weight is 269 g/mol. The van der Waals surface area contributed by atoms with Crippen molar-refractivity contribution in [2.24, 2.45) is 5.92 Å². The number of hydrogen-bond acceptors (Lipinski definition) is 1. The molecule has 19 heavy (non-hydrogen) atoms. The fraction of sp³-hybridized carbons (Fsp3) is 0.941. The summed E-state index contributed by atoms with van der Waals surface area (Å²) in [4.78, 5) is 11.5. The minimum atomic E-state index is 0.230. The summed E-state index contributed by atoms with van der Waals surface area (Å²) < 4.78 is 0. The molecule has 0 aliphatic carbocycles. The Balaban J connectivity index is 3.11. The van der Waals surface area contributed by atoms with E-state index in [1.165, 1.54) is 51.4 Å². The highest BCUT2D eigenvalue weighted by Crippen LogP contribution is 2.09. The molecule has 0 bridgehead atoms. The standard InChI is InChI=1S/C17H35NO/c1-4-5-6-7-8-9-10-11-12-15-18-17(19)14-13-16(2)3/h16H,4-15H2,1-3H3,(H,18,19). The first kappa shape index (κ1) is 18.5. The lowest BCUT2D eigenvalue weighted by Gasteiger charge is -2.06. The maximum atomic E-state index is 11.5. The Morgan fingerprint density at radius 2 is 1.42 bits per heavy atom. The summed E-state index contributed by atoms with van der Waals surface area (Å²) in [6, 6.07) is 0. The third-order valence-electron chi connectivity index (χ3n) is 3.55. The van der Waals surface area contributed by atoms with Gasteiger partial charge in [-0.2, -0.15) is 0 Å². The molecule has 1 amide bonds. The topological polar surface area (TPSA) is 29.1 Å². The largest absolute Gasteiger partial charge is 0.356 e. The molecule has 0 heterocycles. The van der Waals surface area contributed by atoms with Crippen molar-refractivity contribution >= 4 is 5.91 Å². The van der Waals surface area contributed by atoms with E-state index in [0.717, 1.165) is 19.4 Å². The molecule has 0 unspecified atom stereocenters. The van der Waals surface area contributed by atoms with Crippen LogP contribution < -0.4 is 5.32 Å². The molecule has 1 N–H and O–H groups in total. The summed E-state index contributed by atoms with van der Waals surface area (Å²) in [6.45, 7) is 7.45. The van der Waals surface area contributed by atoms with Crippen molar-refractivity contribution < 1.29 is 4.79 Å². The zero-order valence-corrected chi connectivity index (χ0v) is 13.5. The van der Waals surface area contributed by atoms with Gasteiger partial charge in [-0.3, -0.25) is 4.79 Å². The molecule has 0 atom stereocenters. The van der Waals surface area contributed by atoms with Crippen LogP contribution >= 0.6 is 0 Å². The Morgan fingerprint density at radius 3 is 1.95 bits per heavy atom. The number of unbranched alkanes of at least 4 members (excludes halogenated alkanes) is 8. The lowest BCUT2D eigenvalue weighted by atomic mass is 10.1. The molecule has 2 nitrogen and oxygen atoms in total. The molecular weight excluding hydrogens is 234 g/mol. The van der Waals surface area contributed by atoms with E-state index >= 15 is 0 Å². The second-order valence-electron chi connectivity index (χ2n) is 6.11. The first-order valence-corrected chi connectivity index (χ1v) is 8.43. The molecule has 0 aromatic rings. The van der Waals surface area contributed by atoms with Gasteiger partial charge in [-0.05, 0) is 18.8 Å². The normalized spacial score (nSPS) is 10.9. The van der Waals surface area contributed by atoms with Gasteiger partial charge in [0.1, 0.15) is 0 Å². The van der Waals surface area contributed by atoms with Gasteiger partial charge in [0.15, 0.2) is 0 Å². The lowest BCUT2D eigenvalue weighted by molar-refractivity contribution is -0.121. The van der Waals surface area contributed by atoms with Gasteiger partial charge in [0, 0.05) is 13.0 Å². The first-order chi connectivity index (χ1) is 9.16. The molecule has 0 aromatic carbocycles. The average Bonchev–Trinajstić information content (AvgIpc) is 2.38. The molecule has 0 saturated carbocycles. The van der Waals surface area contributed by atoms with Crippen molar-refractivity contribution in [2.45, 2.75) is 91.4 Å². The number of carbonyl (C=O) groups is 1. The van der Waals surface area contributed by atoms with Crippen LogP contribution in [0.1, 0.15) is 91.4 Å².